The molecule has 0 aromatic heterocycles. The number of piperazine rings is 1. The fraction of sp³-hybridized carbons (Fsp3) is 1.00. The maximum absolute atomic E-state index is 5.54. The van der Waals surface area contributed by atoms with Crippen molar-refractivity contribution in [2.24, 2.45) is 5.73 Å². The van der Waals surface area contributed by atoms with Crippen LogP contribution in [0.2, 0.25) is 0 Å². The van der Waals surface area contributed by atoms with Gasteiger partial charge in [-0.15, -0.1) is 0 Å². The molecule has 0 aromatic carbocycles. The molecule has 2 aliphatic rings. The summed E-state index contributed by atoms with van der Waals surface area (Å²) in [7, 11) is 0. The van der Waals surface area contributed by atoms with Crippen LogP contribution in [0.5, 0.6) is 0 Å². The molecular weight excluding hydrogens is 210 g/mol. The topological polar surface area (TPSA) is 32.5 Å². The molecule has 2 N–H and O–H groups in total. The summed E-state index contributed by atoms with van der Waals surface area (Å²) < 4.78 is 0. The van der Waals surface area contributed by atoms with Gasteiger partial charge in [-0.05, 0) is 52.2 Å². The molecule has 0 aliphatic carbocycles. The first-order valence-electron chi connectivity index (χ1n) is 7.49. The fourth-order valence-electron chi connectivity index (χ4n) is 3.36. The van der Waals surface area contributed by atoms with E-state index < -0.39 is 0 Å². The fourth-order valence-corrected chi connectivity index (χ4v) is 3.36. The van der Waals surface area contributed by atoms with Crippen molar-refractivity contribution in [3.63, 3.8) is 0 Å². The zero-order chi connectivity index (χ0) is 12.1. The Bertz CT molecular complexity index is 220. The number of hydrogen-bond donors (Lipinski definition) is 1. The van der Waals surface area contributed by atoms with E-state index in [0.717, 1.165) is 18.6 Å². The van der Waals surface area contributed by atoms with Crippen molar-refractivity contribution in [2.75, 3.05) is 32.7 Å². The Morgan fingerprint density at radius 3 is 2.82 bits per heavy atom. The summed E-state index contributed by atoms with van der Waals surface area (Å²) in [5.74, 6) is 0. The molecule has 0 aromatic rings. The van der Waals surface area contributed by atoms with E-state index in [1.165, 1.54) is 64.7 Å². The standard InChI is InChI=1S/C14H29N3/c1-13-11-17-10-6-3-7-14(17)12-16(13)9-5-2-4-8-15/h13-14H,2-12,15H2,1H3. The van der Waals surface area contributed by atoms with E-state index in [4.69, 9.17) is 5.73 Å². The van der Waals surface area contributed by atoms with Crippen molar-refractivity contribution < 1.29 is 0 Å². The van der Waals surface area contributed by atoms with E-state index in [0.29, 0.717) is 0 Å². The molecule has 0 amide bonds. The van der Waals surface area contributed by atoms with E-state index in [-0.39, 0.29) is 0 Å². The number of hydrogen-bond acceptors (Lipinski definition) is 3. The molecule has 2 atom stereocenters. The third kappa shape index (κ3) is 3.67. The second-order valence-corrected chi connectivity index (χ2v) is 5.84. The zero-order valence-corrected chi connectivity index (χ0v) is 11.4. The Labute approximate surface area is 106 Å². The monoisotopic (exact) mass is 239 g/mol. The largest absolute Gasteiger partial charge is 0.330 e. The molecule has 17 heavy (non-hydrogen) atoms. The van der Waals surface area contributed by atoms with Crippen LogP contribution in [0.4, 0.5) is 0 Å². The number of fused-ring (bicyclic) bond motifs is 1. The molecule has 2 fully saturated rings. The Balaban J connectivity index is 1.74. The van der Waals surface area contributed by atoms with E-state index >= 15 is 0 Å². The van der Waals surface area contributed by atoms with Gasteiger partial charge < -0.3 is 5.73 Å². The number of unbranched alkanes of at least 4 members (excludes halogenated alkanes) is 2. The average Bonchev–Trinajstić information content (AvgIpc) is 2.35. The number of nitrogens with zero attached hydrogens (tertiary/aromatic N) is 2. The highest BCUT2D eigenvalue weighted by Gasteiger charge is 2.32. The summed E-state index contributed by atoms with van der Waals surface area (Å²) >= 11 is 0. The van der Waals surface area contributed by atoms with Gasteiger partial charge in [-0.1, -0.05) is 12.8 Å². The number of rotatable bonds is 5. The van der Waals surface area contributed by atoms with Gasteiger partial charge in [0.1, 0.15) is 0 Å². The molecular formula is C14H29N3. The lowest BCUT2D eigenvalue weighted by Crippen LogP contribution is -2.58. The lowest BCUT2D eigenvalue weighted by molar-refractivity contribution is 0.0146. The third-order valence-corrected chi connectivity index (χ3v) is 4.47. The third-order valence-electron chi connectivity index (χ3n) is 4.47. The molecule has 2 aliphatic heterocycles. The quantitative estimate of drug-likeness (QED) is 0.741. The lowest BCUT2D eigenvalue weighted by Gasteiger charge is -2.47. The predicted octanol–water partition coefficient (Wildman–Crippen LogP) is 1.67. The van der Waals surface area contributed by atoms with Gasteiger partial charge in [0.2, 0.25) is 0 Å². The first-order chi connectivity index (χ1) is 8.31. The van der Waals surface area contributed by atoms with E-state index in [2.05, 4.69) is 16.7 Å². The Hall–Kier alpha value is -0.120. The predicted molar refractivity (Wildman–Crippen MR) is 73.2 cm³/mol. The summed E-state index contributed by atoms with van der Waals surface area (Å²) in [6.07, 6.45) is 8.10. The maximum atomic E-state index is 5.54. The van der Waals surface area contributed by atoms with E-state index in [1.54, 1.807) is 0 Å². The van der Waals surface area contributed by atoms with Gasteiger partial charge in [-0.3, -0.25) is 9.80 Å². The van der Waals surface area contributed by atoms with Crippen LogP contribution in [-0.2, 0) is 0 Å². The zero-order valence-electron chi connectivity index (χ0n) is 11.4. The highest BCUT2D eigenvalue weighted by Crippen LogP contribution is 2.24. The maximum Gasteiger partial charge on any atom is 0.0223 e. The van der Waals surface area contributed by atoms with Gasteiger partial charge in [-0.25, -0.2) is 0 Å². The normalized spacial score (nSPS) is 31.4. The molecule has 0 spiro atoms. The van der Waals surface area contributed by atoms with Gasteiger partial charge in [0.25, 0.3) is 0 Å². The molecule has 0 saturated carbocycles. The number of nitrogens with two attached hydrogens (primary N) is 1. The molecule has 0 bridgehead atoms. The summed E-state index contributed by atoms with van der Waals surface area (Å²) in [5, 5.41) is 0. The first kappa shape index (κ1) is 13.3. The van der Waals surface area contributed by atoms with Crippen molar-refractivity contribution in [2.45, 2.75) is 57.5 Å². The minimum absolute atomic E-state index is 0.752. The highest BCUT2D eigenvalue weighted by atomic mass is 15.3. The van der Waals surface area contributed by atoms with Crippen LogP contribution in [0.15, 0.2) is 0 Å². The molecule has 2 rings (SSSR count). The molecule has 3 heteroatoms. The first-order valence-corrected chi connectivity index (χ1v) is 7.49. The SMILES string of the molecule is CC1CN2CCCCC2CN1CCCCCN. The van der Waals surface area contributed by atoms with Gasteiger partial charge in [0.05, 0.1) is 0 Å². The highest BCUT2D eigenvalue weighted by molar-refractivity contribution is 4.88. The van der Waals surface area contributed by atoms with Crippen molar-refractivity contribution in [1.82, 2.24) is 9.80 Å². The molecule has 2 saturated heterocycles. The second kappa shape index (κ2) is 6.72. The van der Waals surface area contributed by atoms with Crippen LogP contribution >= 0.6 is 0 Å². The average molecular weight is 239 g/mol. The van der Waals surface area contributed by atoms with Crippen molar-refractivity contribution in [3.8, 4) is 0 Å². The summed E-state index contributed by atoms with van der Waals surface area (Å²) in [6, 6.07) is 1.61. The molecule has 100 valence electrons. The second-order valence-electron chi connectivity index (χ2n) is 5.84. The van der Waals surface area contributed by atoms with Crippen molar-refractivity contribution >= 4 is 0 Å². The van der Waals surface area contributed by atoms with Crippen LogP contribution in [0.1, 0.15) is 45.4 Å². The van der Waals surface area contributed by atoms with Crippen molar-refractivity contribution in [1.29, 1.82) is 0 Å². The molecule has 0 radical (unpaired) electrons. The van der Waals surface area contributed by atoms with E-state index in [9.17, 15) is 0 Å². The smallest absolute Gasteiger partial charge is 0.0223 e. The molecule has 2 unspecified atom stereocenters. The Morgan fingerprint density at radius 2 is 2.00 bits per heavy atom. The van der Waals surface area contributed by atoms with Crippen LogP contribution in [-0.4, -0.2) is 54.6 Å². The summed E-state index contributed by atoms with van der Waals surface area (Å²) in [4.78, 5) is 5.44. The summed E-state index contributed by atoms with van der Waals surface area (Å²) in [6.45, 7) is 8.48. The summed E-state index contributed by atoms with van der Waals surface area (Å²) in [5.41, 5.74) is 5.54. The molecule has 3 nitrogen and oxygen atoms in total. The minimum atomic E-state index is 0.752. The molecule has 2 heterocycles. The van der Waals surface area contributed by atoms with Crippen molar-refractivity contribution in [3.05, 3.63) is 0 Å². The Kier molecular flexibility index (Phi) is 5.26. The van der Waals surface area contributed by atoms with Gasteiger partial charge in [0, 0.05) is 25.2 Å². The van der Waals surface area contributed by atoms with Crippen LogP contribution in [0.25, 0.3) is 0 Å². The van der Waals surface area contributed by atoms with Gasteiger partial charge in [0.15, 0.2) is 0 Å². The van der Waals surface area contributed by atoms with Crippen LogP contribution in [0, 0.1) is 0 Å². The van der Waals surface area contributed by atoms with E-state index in [1.807, 2.05) is 0 Å². The Morgan fingerprint density at radius 1 is 1.12 bits per heavy atom. The van der Waals surface area contributed by atoms with Gasteiger partial charge >= 0.3 is 0 Å². The van der Waals surface area contributed by atoms with Gasteiger partial charge in [-0.2, -0.15) is 0 Å². The van der Waals surface area contributed by atoms with Crippen LogP contribution in [0.3, 0.4) is 0 Å². The lowest BCUT2D eigenvalue weighted by atomic mass is 9.97. The number of piperidine rings is 1. The van der Waals surface area contributed by atoms with Crippen LogP contribution < -0.4 is 5.73 Å². The minimum Gasteiger partial charge on any atom is -0.330 e.